The molecule has 0 heterocycles. The lowest BCUT2D eigenvalue weighted by molar-refractivity contribution is -0.142. The zero-order valence-electron chi connectivity index (χ0n) is 12.2. The molecule has 1 atom stereocenters. The van der Waals surface area contributed by atoms with Gasteiger partial charge in [-0.05, 0) is 13.3 Å². The van der Waals surface area contributed by atoms with Crippen LogP contribution in [0, 0.1) is 0 Å². The fraction of sp³-hybridized carbons (Fsp3) is 0.538. The van der Waals surface area contributed by atoms with Gasteiger partial charge in [0.15, 0.2) is 0 Å². The van der Waals surface area contributed by atoms with Crippen molar-refractivity contribution in [2.45, 2.75) is 25.8 Å². The number of rotatable bonds is 9. The number of carbonyl (C=O) groups is 4. The number of Topliss-reactive ketones (excluding diaryl/α,β-unsaturated/α-hetero) is 1. The molecule has 0 rings (SSSR count). The van der Waals surface area contributed by atoms with Crippen molar-refractivity contribution in [2.75, 3.05) is 20.3 Å². The van der Waals surface area contributed by atoms with E-state index in [-0.39, 0.29) is 25.2 Å². The van der Waals surface area contributed by atoms with Crippen LogP contribution in [0.25, 0.3) is 0 Å². The zero-order valence-corrected chi connectivity index (χ0v) is 12.2. The quantitative estimate of drug-likeness (QED) is 0.473. The molecule has 0 saturated heterocycles. The van der Waals surface area contributed by atoms with Gasteiger partial charge in [0.05, 0.1) is 7.11 Å². The fourth-order valence-electron chi connectivity index (χ4n) is 1.51. The maximum atomic E-state index is 11.9. The van der Waals surface area contributed by atoms with E-state index in [1.165, 1.54) is 13.0 Å². The summed E-state index contributed by atoms with van der Waals surface area (Å²) >= 11 is 0. The number of hydrogen-bond acceptors (Lipinski definition) is 6. The van der Waals surface area contributed by atoms with Gasteiger partial charge in [0.2, 0.25) is 5.91 Å². The first-order chi connectivity index (χ1) is 9.83. The Morgan fingerprint density at radius 3 is 2.38 bits per heavy atom. The van der Waals surface area contributed by atoms with E-state index in [9.17, 15) is 19.2 Å². The predicted octanol–water partition coefficient (Wildman–Crippen LogP) is 0.00710. The number of amides is 2. The maximum absolute atomic E-state index is 11.9. The van der Waals surface area contributed by atoms with Crippen molar-refractivity contribution in [2.24, 2.45) is 5.73 Å². The molecule has 21 heavy (non-hydrogen) atoms. The summed E-state index contributed by atoms with van der Waals surface area (Å²) < 4.78 is 9.27. The van der Waals surface area contributed by atoms with Crippen LogP contribution in [0.4, 0.5) is 4.79 Å². The van der Waals surface area contributed by atoms with Gasteiger partial charge in [-0.15, -0.1) is 0 Å². The molecule has 0 aromatic rings. The average Bonchev–Trinajstić information content (AvgIpc) is 2.42. The summed E-state index contributed by atoms with van der Waals surface area (Å²) in [6, 6.07) is -1.13. The van der Waals surface area contributed by atoms with E-state index in [1.54, 1.807) is 0 Å². The summed E-state index contributed by atoms with van der Waals surface area (Å²) in [6.45, 7) is 4.14. The third-order valence-corrected chi connectivity index (χ3v) is 2.56. The normalized spacial score (nSPS) is 11.1. The van der Waals surface area contributed by atoms with Crippen molar-refractivity contribution in [3.05, 3.63) is 12.7 Å². The molecule has 8 heteroatoms. The smallest absolute Gasteiger partial charge is 0.411 e. The van der Waals surface area contributed by atoms with Crippen LogP contribution in [0.1, 0.15) is 19.8 Å². The number of primary amides is 1. The average molecular weight is 300 g/mol. The summed E-state index contributed by atoms with van der Waals surface area (Å²) in [5, 5.41) is 0. The molecule has 0 aliphatic heterocycles. The Morgan fingerprint density at radius 2 is 1.95 bits per heavy atom. The molecule has 0 spiro atoms. The van der Waals surface area contributed by atoms with Gasteiger partial charge in [-0.3, -0.25) is 14.5 Å². The Balaban J connectivity index is 5.12. The Kier molecular flexibility index (Phi) is 8.43. The van der Waals surface area contributed by atoms with Gasteiger partial charge in [0, 0.05) is 6.42 Å². The first-order valence-corrected chi connectivity index (χ1v) is 6.23. The molecule has 0 fully saturated rings. The molecule has 0 radical (unpaired) electrons. The van der Waals surface area contributed by atoms with Crippen LogP contribution in [-0.2, 0) is 23.9 Å². The minimum atomic E-state index is -1.13. The SMILES string of the molecule is C=CCOC(=O)N(CC(=O)OC)[C@@H](CCC(C)=O)C(N)=O. The van der Waals surface area contributed by atoms with Gasteiger partial charge in [0.25, 0.3) is 0 Å². The zero-order chi connectivity index (χ0) is 16.4. The summed E-state index contributed by atoms with van der Waals surface area (Å²) in [6.07, 6.45) is 0.473. The lowest BCUT2D eigenvalue weighted by atomic mass is 10.1. The van der Waals surface area contributed by atoms with E-state index in [4.69, 9.17) is 10.5 Å². The number of esters is 1. The lowest BCUT2D eigenvalue weighted by Gasteiger charge is -2.27. The third kappa shape index (κ3) is 7.09. The Labute approximate surface area is 122 Å². The largest absolute Gasteiger partial charge is 0.468 e. The van der Waals surface area contributed by atoms with Crippen molar-refractivity contribution < 1.29 is 28.7 Å². The highest BCUT2D eigenvalue weighted by molar-refractivity contribution is 5.87. The van der Waals surface area contributed by atoms with Crippen LogP contribution in [0.2, 0.25) is 0 Å². The van der Waals surface area contributed by atoms with Crippen molar-refractivity contribution in [3.8, 4) is 0 Å². The van der Waals surface area contributed by atoms with E-state index in [0.717, 1.165) is 12.0 Å². The second kappa shape index (κ2) is 9.51. The van der Waals surface area contributed by atoms with Gasteiger partial charge < -0.3 is 20.0 Å². The van der Waals surface area contributed by atoms with Gasteiger partial charge in [0.1, 0.15) is 25.0 Å². The number of ketones is 1. The second-order valence-electron chi connectivity index (χ2n) is 4.23. The highest BCUT2D eigenvalue weighted by Gasteiger charge is 2.31. The van der Waals surface area contributed by atoms with Crippen molar-refractivity contribution in [1.29, 1.82) is 0 Å². The first-order valence-electron chi connectivity index (χ1n) is 6.23. The predicted molar refractivity (Wildman–Crippen MR) is 73.2 cm³/mol. The van der Waals surface area contributed by atoms with Crippen molar-refractivity contribution >= 4 is 23.8 Å². The van der Waals surface area contributed by atoms with Gasteiger partial charge in [-0.25, -0.2) is 4.79 Å². The number of hydrogen-bond donors (Lipinski definition) is 1. The molecule has 118 valence electrons. The minimum Gasteiger partial charge on any atom is -0.468 e. The second-order valence-corrected chi connectivity index (χ2v) is 4.23. The Morgan fingerprint density at radius 1 is 1.33 bits per heavy atom. The topological polar surface area (TPSA) is 116 Å². The first kappa shape index (κ1) is 18.6. The monoisotopic (exact) mass is 300 g/mol. The van der Waals surface area contributed by atoms with Gasteiger partial charge >= 0.3 is 12.1 Å². The molecule has 0 aliphatic rings. The van der Waals surface area contributed by atoms with Crippen molar-refractivity contribution in [3.63, 3.8) is 0 Å². The summed E-state index contributed by atoms with van der Waals surface area (Å²) in [5.74, 6) is -1.74. The van der Waals surface area contributed by atoms with Crippen LogP contribution >= 0.6 is 0 Å². The van der Waals surface area contributed by atoms with E-state index >= 15 is 0 Å². The van der Waals surface area contributed by atoms with Crippen molar-refractivity contribution in [1.82, 2.24) is 4.90 Å². The number of carbonyl (C=O) groups excluding carboxylic acids is 4. The van der Waals surface area contributed by atoms with Gasteiger partial charge in [-0.1, -0.05) is 12.7 Å². The number of ether oxygens (including phenoxy) is 2. The molecule has 2 N–H and O–H groups in total. The molecular formula is C13H20N2O6. The minimum absolute atomic E-state index is 0.00481. The van der Waals surface area contributed by atoms with Crippen LogP contribution in [0.15, 0.2) is 12.7 Å². The number of nitrogens with two attached hydrogens (primary N) is 1. The number of nitrogens with zero attached hydrogens (tertiary/aromatic N) is 1. The van der Waals surface area contributed by atoms with Crippen LogP contribution in [-0.4, -0.2) is 55.0 Å². The van der Waals surface area contributed by atoms with Gasteiger partial charge in [-0.2, -0.15) is 0 Å². The molecule has 0 aromatic carbocycles. The molecule has 0 saturated carbocycles. The Bertz CT molecular complexity index is 421. The maximum Gasteiger partial charge on any atom is 0.411 e. The fourth-order valence-corrected chi connectivity index (χ4v) is 1.51. The highest BCUT2D eigenvalue weighted by Crippen LogP contribution is 2.10. The van der Waals surface area contributed by atoms with E-state index in [2.05, 4.69) is 11.3 Å². The lowest BCUT2D eigenvalue weighted by Crippen LogP contribution is -2.50. The van der Waals surface area contributed by atoms with Crippen LogP contribution < -0.4 is 5.73 Å². The molecule has 0 aliphatic carbocycles. The standard InChI is InChI=1S/C13H20N2O6/c1-4-7-21-13(19)15(8-11(17)20-3)10(12(14)18)6-5-9(2)16/h4,10H,1,5-8H2,2-3H3,(H2,14,18)/t10-/m0/s1. The Hall–Kier alpha value is -2.38. The van der Waals surface area contributed by atoms with E-state index < -0.39 is 30.6 Å². The summed E-state index contributed by atoms with van der Waals surface area (Å²) in [4.78, 5) is 46.6. The highest BCUT2D eigenvalue weighted by atomic mass is 16.6. The molecule has 8 nitrogen and oxygen atoms in total. The summed E-state index contributed by atoms with van der Waals surface area (Å²) in [7, 11) is 1.14. The third-order valence-electron chi connectivity index (χ3n) is 2.56. The van der Waals surface area contributed by atoms with E-state index in [1.807, 2.05) is 0 Å². The molecule has 2 amide bonds. The van der Waals surface area contributed by atoms with Crippen LogP contribution in [0.5, 0.6) is 0 Å². The summed E-state index contributed by atoms with van der Waals surface area (Å²) in [5.41, 5.74) is 5.24. The van der Waals surface area contributed by atoms with Crippen LogP contribution in [0.3, 0.4) is 0 Å². The van der Waals surface area contributed by atoms with E-state index in [0.29, 0.717) is 0 Å². The molecular weight excluding hydrogens is 280 g/mol. The molecule has 0 bridgehead atoms. The number of methoxy groups -OCH3 is 1. The molecule has 0 aromatic heterocycles. The molecule has 0 unspecified atom stereocenters.